The molecule has 0 saturated carbocycles. The third-order valence-corrected chi connectivity index (χ3v) is 16.1. The van der Waals surface area contributed by atoms with Crippen molar-refractivity contribution in [2.75, 3.05) is 13.2 Å². The van der Waals surface area contributed by atoms with Crippen molar-refractivity contribution in [2.45, 2.75) is 412 Å². The molecule has 0 rings (SSSR count). The van der Waals surface area contributed by atoms with E-state index in [0.717, 1.165) is 57.8 Å². The molecule has 6 heteroatoms. The van der Waals surface area contributed by atoms with Gasteiger partial charge in [-0.25, -0.2) is 0 Å². The molecule has 75 heavy (non-hydrogen) atoms. The number of unbranched alkanes of at least 4 members (excludes halogenated alkanes) is 54. The lowest BCUT2D eigenvalue weighted by Gasteiger charge is -2.18. The van der Waals surface area contributed by atoms with Gasteiger partial charge in [0, 0.05) is 19.3 Å². The number of hydrogen-bond acceptors (Lipinski definition) is 6. The molecule has 0 heterocycles. The van der Waals surface area contributed by atoms with Crippen LogP contribution < -0.4 is 0 Å². The summed E-state index contributed by atoms with van der Waals surface area (Å²) in [6, 6.07) is 0. The average Bonchev–Trinajstić information content (AvgIpc) is 3.41. The van der Waals surface area contributed by atoms with Crippen LogP contribution in [0.1, 0.15) is 406 Å². The number of carbonyl (C=O) groups excluding carboxylic acids is 3. The van der Waals surface area contributed by atoms with Crippen LogP contribution in [-0.4, -0.2) is 37.2 Å². The van der Waals surface area contributed by atoms with Crippen molar-refractivity contribution in [3.05, 3.63) is 0 Å². The Morgan fingerprint density at radius 3 is 0.533 bits per heavy atom. The van der Waals surface area contributed by atoms with E-state index in [1.165, 1.54) is 308 Å². The Kier molecular flexibility index (Phi) is 63.6. The highest BCUT2D eigenvalue weighted by Gasteiger charge is 2.19. The number of hydrogen-bond donors (Lipinski definition) is 0. The summed E-state index contributed by atoms with van der Waals surface area (Å²) in [5.74, 6) is -0.819. The van der Waals surface area contributed by atoms with E-state index < -0.39 is 6.10 Å². The van der Waals surface area contributed by atoms with Gasteiger partial charge in [0.05, 0.1) is 0 Å². The number of rotatable bonds is 65. The zero-order valence-electron chi connectivity index (χ0n) is 51.4. The van der Waals surface area contributed by atoms with Crippen LogP contribution in [0.2, 0.25) is 0 Å². The van der Waals surface area contributed by atoms with Crippen LogP contribution in [0, 0.1) is 0 Å². The lowest BCUT2D eigenvalue weighted by Crippen LogP contribution is -2.30. The van der Waals surface area contributed by atoms with Gasteiger partial charge in [-0.1, -0.05) is 367 Å². The summed E-state index contributed by atoms with van der Waals surface area (Å²) in [6.45, 7) is 6.74. The van der Waals surface area contributed by atoms with Crippen molar-refractivity contribution < 1.29 is 28.6 Å². The Hall–Kier alpha value is -1.59. The van der Waals surface area contributed by atoms with Crippen LogP contribution in [0.5, 0.6) is 0 Å². The summed E-state index contributed by atoms with van der Waals surface area (Å²) < 4.78 is 17.0. The highest BCUT2D eigenvalue weighted by atomic mass is 16.6. The maximum Gasteiger partial charge on any atom is 0.306 e. The van der Waals surface area contributed by atoms with Crippen LogP contribution in [0.15, 0.2) is 0 Å². The normalized spacial score (nSPS) is 11.9. The molecule has 0 unspecified atom stereocenters. The van der Waals surface area contributed by atoms with Crippen molar-refractivity contribution in [1.82, 2.24) is 0 Å². The van der Waals surface area contributed by atoms with Gasteiger partial charge in [0.15, 0.2) is 6.10 Å². The first kappa shape index (κ1) is 73.4. The maximum absolute atomic E-state index is 12.9. The summed E-state index contributed by atoms with van der Waals surface area (Å²) in [4.78, 5) is 38.4. The molecular weight excluding hydrogens is 925 g/mol. The first-order chi connectivity index (χ1) is 37.0. The smallest absolute Gasteiger partial charge is 0.306 e. The second kappa shape index (κ2) is 64.9. The lowest BCUT2D eigenvalue weighted by atomic mass is 10.0. The second-order valence-electron chi connectivity index (χ2n) is 23.8. The molecule has 6 nitrogen and oxygen atoms in total. The highest BCUT2D eigenvalue weighted by molar-refractivity contribution is 5.71. The van der Waals surface area contributed by atoms with E-state index in [1.807, 2.05) is 0 Å². The number of esters is 3. The Bertz CT molecular complexity index is 1120. The fourth-order valence-electron chi connectivity index (χ4n) is 10.9. The molecule has 0 bridgehead atoms. The predicted octanol–water partition coefficient (Wildman–Crippen LogP) is 23.5. The van der Waals surface area contributed by atoms with Gasteiger partial charge in [0.1, 0.15) is 13.2 Å². The molecule has 0 N–H and O–H groups in total. The fourth-order valence-corrected chi connectivity index (χ4v) is 10.9. The monoisotopic (exact) mass is 1060 g/mol. The molecule has 0 aromatic carbocycles. The lowest BCUT2D eigenvalue weighted by molar-refractivity contribution is -0.167. The quantitative estimate of drug-likeness (QED) is 0.0343. The van der Waals surface area contributed by atoms with Gasteiger partial charge in [-0.2, -0.15) is 0 Å². The molecule has 0 aliphatic rings. The number of ether oxygens (including phenoxy) is 3. The van der Waals surface area contributed by atoms with Gasteiger partial charge in [-0.15, -0.1) is 0 Å². The summed E-state index contributed by atoms with van der Waals surface area (Å²) >= 11 is 0. The van der Waals surface area contributed by atoms with E-state index >= 15 is 0 Å². The zero-order valence-corrected chi connectivity index (χ0v) is 51.4. The van der Waals surface area contributed by atoms with Crippen molar-refractivity contribution in [2.24, 2.45) is 0 Å². The van der Waals surface area contributed by atoms with Gasteiger partial charge in [-0.05, 0) is 19.3 Å². The van der Waals surface area contributed by atoms with Gasteiger partial charge >= 0.3 is 17.9 Å². The summed E-state index contributed by atoms with van der Waals surface area (Å²) in [7, 11) is 0. The third kappa shape index (κ3) is 63.1. The summed E-state index contributed by atoms with van der Waals surface area (Å²) in [5, 5.41) is 0. The van der Waals surface area contributed by atoms with Gasteiger partial charge < -0.3 is 14.2 Å². The van der Waals surface area contributed by atoms with Crippen LogP contribution in [0.4, 0.5) is 0 Å². The van der Waals surface area contributed by atoms with Crippen molar-refractivity contribution in [3.63, 3.8) is 0 Å². The van der Waals surface area contributed by atoms with Crippen LogP contribution in [0.25, 0.3) is 0 Å². The molecule has 0 radical (unpaired) electrons. The molecular formula is C69H134O6. The van der Waals surface area contributed by atoms with E-state index in [2.05, 4.69) is 20.8 Å². The molecule has 0 aromatic rings. The highest BCUT2D eigenvalue weighted by Crippen LogP contribution is 2.19. The van der Waals surface area contributed by atoms with Crippen LogP contribution in [-0.2, 0) is 28.6 Å². The fraction of sp³-hybridized carbons (Fsp3) is 0.957. The molecule has 0 amide bonds. The summed E-state index contributed by atoms with van der Waals surface area (Å²) in [6.07, 6.45) is 75.5. The minimum absolute atomic E-state index is 0.0601. The molecule has 0 saturated heterocycles. The molecule has 0 spiro atoms. The van der Waals surface area contributed by atoms with Crippen molar-refractivity contribution >= 4 is 17.9 Å². The van der Waals surface area contributed by atoms with Gasteiger partial charge in [-0.3, -0.25) is 14.4 Å². The van der Waals surface area contributed by atoms with Gasteiger partial charge in [0.2, 0.25) is 0 Å². The molecule has 0 aliphatic heterocycles. The molecule has 1 atom stereocenters. The molecule has 0 fully saturated rings. The predicted molar refractivity (Wildman–Crippen MR) is 326 cm³/mol. The van der Waals surface area contributed by atoms with E-state index in [1.54, 1.807) is 0 Å². The van der Waals surface area contributed by atoms with Gasteiger partial charge in [0.25, 0.3) is 0 Å². The first-order valence-corrected chi connectivity index (χ1v) is 34.5. The van der Waals surface area contributed by atoms with Crippen LogP contribution >= 0.6 is 0 Å². The number of carbonyl (C=O) groups is 3. The third-order valence-electron chi connectivity index (χ3n) is 16.1. The van der Waals surface area contributed by atoms with Crippen molar-refractivity contribution in [1.29, 1.82) is 0 Å². The topological polar surface area (TPSA) is 78.9 Å². The second-order valence-corrected chi connectivity index (χ2v) is 23.8. The molecule has 446 valence electrons. The maximum atomic E-state index is 12.9. The van der Waals surface area contributed by atoms with E-state index in [0.29, 0.717) is 19.3 Å². The SMILES string of the molecule is CCCCCCCCCCCCCCCCCCCCCCCC(=O)OC[C@H](COC(=O)CCCCCCCCCCCCCCCCC)OC(=O)CCCCCCCCCCCCCCCCCCCCCCC. The minimum atomic E-state index is -0.763. The Morgan fingerprint density at radius 2 is 0.360 bits per heavy atom. The van der Waals surface area contributed by atoms with Crippen LogP contribution in [0.3, 0.4) is 0 Å². The minimum Gasteiger partial charge on any atom is -0.462 e. The standard InChI is InChI=1S/C69H134O6/c1-4-7-10-13-16-19-22-25-28-30-32-34-36-38-41-44-47-50-53-56-59-62-68(71)74-65-66(64-73-67(70)61-58-55-52-49-46-43-40-27-24-21-18-15-12-9-6-3)75-69(72)63-60-57-54-51-48-45-42-39-37-35-33-31-29-26-23-20-17-14-11-8-5-2/h66H,4-65H2,1-3H3/t66-/m0/s1. The Morgan fingerprint density at radius 1 is 0.213 bits per heavy atom. The Balaban J connectivity index is 4.25. The first-order valence-electron chi connectivity index (χ1n) is 34.5. The molecule has 0 aromatic heterocycles. The molecule has 0 aliphatic carbocycles. The summed E-state index contributed by atoms with van der Waals surface area (Å²) in [5.41, 5.74) is 0. The van der Waals surface area contributed by atoms with E-state index in [9.17, 15) is 14.4 Å². The van der Waals surface area contributed by atoms with Crippen molar-refractivity contribution in [3.8, 4) is 0 Å². The van der Waals surface area contributed by atoms with E-state index in [4.69, 9.17) is 14.2 Å². The Labute approximate surface area is 469 Å². The average molecular weight is 1060 g/mol. The zero-order chi connectivity index (χ0) is 54.3. The largest absolute Gasteiger partial charge is 0.462 e. The van der Waals surface area contributed by atoms with E-state index in [-0.39, 0.29) is 31.1 Å².